The van der Waals surface area contributed by atoms with Crippen LogP contribution in [0.2, 0.25) is 0 Å². The Labute approximate surface area is 188 Å². The molecule has 0 amide bonds. The predicted molar refractivity (Wildman–Crippen MR) is 119 cm³/mol. The molecule has 32 heavy (non-hydrogen) atoms. The van der Waals surface area contributed by atoms with Crippen LogP contribution in [-0.2, 0) is 6.54 Å². The second-order valence-electron chi connectivity index (χ2n) is 8.90. The molecule has 2 aliphatic rings. The zero-order valence-electron chi connectivity index (χ0n) is 18.4. The zero-order valence-corrected chi connectivity index (χ0v) is 18.4. The standard InChI is InChI=1S/C24H30FN7/c25-21-8-6-20(7-9-21)23(24-27-28-29-32(24)22-4-2-1-3-5-22)31-16-14-30(15-17-31)18-19-10-12-26-13-11-19/h6-13,22-23H,1-5,14-18H2. The van der Waals surface area contributed by atoms with E-state index in [4.69, 9.17) is 0 Å². The van der Waals surface area contributed by atoms with Gasteiger partial charge in [-0.05, 0) is 58.7 Å². The van der Waals surface area contributed by atoms with E-state index in [1.165, 1.54) is 37.0 Å². The van der Waals surface area contributed by atoms with Crippen molar-refractivity contribution in [2.45, 2.75) is 50.7 Å². The Morgan fingerprint density at radius 1 is 0.906 bits per heavy atom. The maximum Gasteiger partial charge on any atom is 0.173 e. The monoisotopic (exact) mass is 435 g/mol. The number of benzene rings is 1. The van der Waals surface area contributed by atoms with Gasteiger partial charge in [-0.3, -0.25) is 14.8 Å². The Bertz CT molecular complexity index is 977. The molecule has 0 N–H and O–H groups in total. The summed E-state index contributed by atoms with van der Waals surface area (Å²) < 4.78 is 15.7. The summed E-state index contributed by atoms with van der Waals surface area (Å²) in [7, 11) is 0. The van der Waals surface area contributed by atoms with E-state index in [1.807, 2.05) is 24.5 Å². The molecule has 168 valence electrons. The van der Waals surface area contributed by atoms with Crippen molar-refractivity contribution >= 4 is 0 Å². The van der Waals surface area contributed by atoms with Crippen LogP contribution in [0.15, 0.2) is 48.8 Å². The molecule has 1 aliphatic carbocycles. The minimum Gasteiger partial charge on any atom is -0.297 e. The van der Waals surface area contributed by atoms with Crippen molar-refractivity contribution in [1.82, 2.24) is 35.0 Å². The second-order valence-corrected chi connectivity index (χ2v) is 8.90. The molecular weight excluding hydrogens is 405 g/mol. The predicted octanol–water partition coefficient (Wildman–Crippen LogP) is 3.62. The van der Waals surface area contributed by atoms with Crippen LogP contribution in [0.4, 0.5) is 4.39 Å². The van der Waals surface area contributed by atoms with Crippen LogP contribution in [0.5, 0.6) is 0 Å². The molecule has 8 heteroatoms. The first-order valence-corrected chi connectivity index (χ1v) is 11.7. The third kappa shape index (κ3) is 4.71. The van der Waals surface area contributed by atoms with Gasteiger partial charge in [-0.1, -0.05) is 31.4 Å². The maximum absolute atomic E-state index is 13.7. The van der Waals surface area contributed by atoms with E-state index in [0.29, 0.717) is 6.04 Å². The molecular formula is C24H30FN7. The minimum absolute atomic E-state index is 0.0735. The average Bonchev–Trinajstić information content (AvgIpc) is 3.32. The number of halogens is 1. The van der Waals surface area contributed by atoms with E-state index in [1.54, 1.807) is 0 Å². The normalized spacial score (nSPS) is 19.8. The molecule has 0 spiro atoms. The van der Waals surface area contributed by atoms with Crippen LogP contribution in [0, 0.1) is 5.82 Å². The van der Waals surface area contributed by atoms with Gasteiger partial charge in [0.25, 0.3) is 0 Å². The van der Waals surface area contributed by atoms with Crippen molar-refractivity contribution in [1.29, 1.82) is 0 Å². The van der Waals surface area contributed by atoms with Crippen LogP contribution in [-0.4, -0.2) is 61.2 Å². The molecule has 1 saturated heterocycles. The first-order valence-electron chi connectivity index (χ1n) is 11.7. The molecule has 3 heterocycles. The summed E-state index contributed by atoms with van der Waals surface area (Å²) in [5, 5.41) is 13.0. The Balaban J connectivity index is 1.37. The van der Waals surface area contributed by atoms with Crippen LogP contribution < -0.4 is 0 Å². The molecule has 1 unspecified atom stereocenters. The number of pyridine rings is 1. The molecule has 1 aromatic carbocycles. The van der Waals surface area contributed by atoms with Crippen molar-refractivity contribution < 1.29 is 4.39 Å². The topological polar surface area (TPSA) is 63.0 Å². The number of rotatable bonds is 6. The summed E-state index contributed by atoms with van der Waals surface area (Å²) in [6.45, 7) is 4.67. The van der Waals surface area contributed by atoms with Gasteiger partial charge < -0.3 is 0 Å². The fraction of sp³-hybridized carbons (Fsp3) is 0.500. The van der Waals surface area contributed by atoms with Gasteiger partial charge in [0.2, 0.25) is 0 Å². The van der Waals surface area contributed by atoms with E-state index in [0.717, 1.165) is 57.0 Å². The van der Waals surface area contributed by atoms with Crippen molar-refractivity contribution in [2.75, 3.05) is 26.2 Å². The van der Waals surface area contributed by atoms with Crippen LogP contribution in [0.1, 0.15) is 61.1 Å². The molecule has 7 nitrogen and oxygen atoms in total. The van der Waals surface area contributed by atoms with E-state index >= 15 is 0 Å². The molecule has 0 radical (unpaired) electrons. The molecule has 2 fully saturated rings. The van der Waals surface area contributed by atoms with E-state index in [-0.39, 0.29) is 11.9 Å². The second kappa shape index (κ2) is 9.83. The van der Waals surface area contributed by atoms with Crippen LogP contribution >= 0.6 is 0 Å². The lowest BCUT2D eigenvalue weighted by Gasteiger charge is -2.39. The van der Waals surface area contributed by atoms with Gasteiger partial charge in [-0.15, -0.1) is 5.10 Å². The van der Waals surface area contributed by atoms with Gasteiger partial charge >= 0.3 is 0 Å². The highest BCUT2D eigenvalue weighted by Gasteiger charge is 2.32. The summed E-state index contributed by atoms with van der Waals surface area (Å²) in [6, 6.07) is 11.3. The number of aromatic nitrogens is 5. The van der Waals surface area contributed by atoms with Gasteiger partial charge in [0.05, 0.1) is 12.1 Å². The Morgan fingerprint density at radius 2 is 1.62 bits per heavy atom. The summed E-state index contributed by atoms with van der Waals surface area (Å²) in [5.74, 6) is 0.660. The Kier molecular flexibility index (Phi) is 6.50. The van der Waals surface area contributed by atoms with E-state index < -0.39 is 0 Å². The first-order chi connectivity index (χ1) is 15.8. The number of tetrazole rings is 1. The highest BCUT2D eigenvalue weighted by molar-refractivity contribution is 5.26. The first kappa shape index (κ1) is 21.2. The van der Waals surface area contributed by atoms with Gasteiger partial charge in [-0.25, -0.2) is 9.07 Å². The van der Waals surface area contributed by atoms with Gasteiger partial charge in [-0.2, -0.15) is 0 Å². The maximum atomic E-state index is 13.7. The van der Waals surface area contributed by atoms with Crippen molar-refractivity contribution in [3.8, 4) is 0 Å². The van der Waals surface area contributed by atoms with Crippen LogP contribution in [0.3, 0.4) is 0 Å². The van der Waals surface area contributed by atoms with Gasteiger partial charge in [0.15, 0.2) is 5.82 Å². The Morgan fingerprint density at radius 3 is 2.34 bits per heavy atom. The highest BCUT2D eigenvalue weighted by Crippen LogP contribution is 2.33. The molecule has 5 rings (SSSR count). The quantitative estimate of drug-likeness (QED) is 0.589. The fourth-order valence-corrected chi connectivity index (χ4v) is 5.06. The summed E-state index contributed by atoms with van der Waals surface area (Å²) >= 11 is 0. The molecule has 1 aliphatic heterocycles. The number of nitrogens with zero attached hydrogens (tertiary/aromatic N) is 7. The number of hydrogen-bond acceptors (Lipinski definition) is 6. The largest absolute Gasteiger partial charge is 0.297 e. The zero-order chi connectivity index (χ0) is 21.8. The van der Waals surface area contributed by atoms with E-state index in [2.05, 4.69) is 47.1 Å². The van der Waals surface area contributed by atoms with Crippen molar-refractivity contribution in [3.05, 3.63) is 71.6 Å². The van der Waals surface area contributed by atoms with E-state index in [9.17, 15) is 4.39 Å². The molecule has 1 saturated carbocycles. The van der Waals surface area contributed by atoms with Crippen molar-refractivity contribution in [3.63, 3.8) is 0 Å². The highest BCUT2D eigenvalue weighted by atomic mass is 19.1. The summed E-state index contributed by atoms with van der Waals surface area (Å²) in [4.78, 5) is 9.03. The third-order valence-corrected chi connectivity index (χ3v) is 6.80. The molecule has 2 aromatic heterocycles. The molecule has 1 atom stereocenters. The fourth-order valence-electron chi connectivity index (χ4n) is 5.06. The van der Waals surface area contributed by atoms with Crippen LogP contribution in [0.25, 0.3) is 0 Å². The average molecular weight is 436 g/mol. The lowest BCUT2D eigenvalue weighted by molar-refractivity contribution is 0.0986. The van der Waals surface area contributed by atoms with Gasteiger partial charge in [0.1, 0.15) is 5.82 Å². The smallest absolute Gasteiger partial charge is 0.173 e. The van der Waals surface area contributed by atoms with Crippen molar-refractivity contribution in [2.24, 2.45) is 0 Å². The summed E-state index contributed by atoms with van der Waals surface area (Å²) in [5.41, 5.74) is 2.32. The lowest BCUT2D eigenvalue weighted by Crippen LogP contribution is -2.48. The number of piperazine rings is 1. The number of hydrogen-bond donors (Lipinski definition) is 0. The molecule has 3 aromatic rings. The summed E-state index contributed by atoms with van der Waals surface area (Å²) in [6.07, 6.45) is 9.66. The molecule has 0 bridgehead atoms. The third-order valence-electron chi connectivity index (χ3n) is 6.80. The van der Waals surface area contributed by atoms with Gasteiger partial charge in [0, 0.05) is 45.1 Å². The Hall–Kier alpha value is -2.71. The SMILES string of the molecule is Fc1ccc(C(c2nnnn2C2CCCCC2)N2CCN(Cc3ccncc3)CC2)cc1. The lowest BCUT2D eigenvalue weighted by atomic mass is 9.95. The minimum atomic E-state index is -0.221.